The second-order valence-corrected chi connectivity index (χ2v) is 7.91. The SMILES string of the molecule is CCc1ccc(OCC(=O)OCC(=O)N2N=C(c3ccc(Cl)cc3)CC2c2ccco2)cc1. The molecule has 1 aromatic heterocycles. The van der Waals surface area contributed by atoms with Crippen molar-refractivity contribution < 1.29 is 23.5 Å². The minimum Gasteiger partial charge on any atom is -0.482 e. The number of hydrogen-bond donors (Lipinski definition) is 0. The Bertz CT molecular complexity index is 1120. The fourth-order valence-corrected chi connectivity index (χ4v) is 3.60. The molecule has 1 amide bonds. The topological polar surface area (TPSA) is 81.3 Å². The molecule has 3 aromatic rings. The van der Waals surface area contributed by atoms with Crippen LogP contribution >= 0.6 is 11.6 Å². The lowest BCUT2D eigenvalue weighted by atomic mass is 10.0. The van der Waals surface area contributed by atoms with Crippen molar-refractivity contribution in [1.29, 1.82) is 0 Å². The van der Waals surface area contributed by atoms with Crippen LogP contribution in [0.3, 0.4) is 0 Å². The molecule has 0 radical (unpaired) electrons. The number of nitrogens with zero attached hydrogens (tertiary/aromatic N) is 2. The molecule has 0 N–H and O–H groups in total. The lowest BCUT2D eigenvalue weighted by Crippen LogP contribution is -2.32. The zero-order valence-electron chi connectivity index (χ0n) is 18.1. The number of amides is 1. The molecule has 7 nitrogen and oxygen atoms in total. The maximum absolute atomic E-state index is 12.9. The molecule has 0 bridgehead atoms. The molecule has 0 saturated heterocycles. The number of halogens is 1. The number of benzene rings is 2. The van der Waals surface area contributed by atoms with Crippen LogP contribution in [0.15, 0.2) is 76.4 Å². The Morgan fingerprint density at radius 3 is 2.52 bits per heavy atom. The number of carbonyl (C=O) groups is 2. The molecule has 0 saturated carbocycles. The van der Waals surface area contributed by atoms with Crippen molar-refractivity contribution in [3.8, 4) is 5.75 Å². The van der Waals surface area contributed by atoms with Gasteiger partial charge in [-0.3, -0.25) is 4.79 Å². The first-order valence-corrected chi connectivity index (χ1v) is 11.0. The Labute approximate surface area is 196 Å². The van der Waals surface area contributed by atoms with Gasteiger partial charge in [0.1, 0.15) is 17.6 Å². The number of furan rings is 1. The minimum absolute atomic E-state index is 0.292. The molecule has 2 aromatic carbocycles. The fourth-order valence-electron chi connectivity index (χ4n) is 3.47. The predicted molar refractivity (Wildman–Crippen MR) is 123 cm³/mol. The van der Waals surface area contributed by atoms with Gasteiger partial charge in [0.25, 0.3) is 5.91 Å². The van der Waals surface area contributed by atoms with Crippen LogP contribution in [0.2, 0.25) is 5.02 Å². The lowest BCUT2D eigenvalue weighted by Gasteiger charge is -2.19. The van der Waals surface area contributed by atoms with Crippen LogP contribution in [0.25, 0.3) is 0 Å². The van der Waals surface area contributed by atoms with Gasteiger partial charge in [-0.2, -0.15) is 5.10 Å². The molecule has 8 heteroatoms. The van der Waals surface area contributed by atoms with E-state index >= 15 is 0 Å². The highest BCUT2D eigenvalue weighted by Gasteiger charge is 2.35. The summed E-state index contributed by atoms with van der Waals surface area (Å²) in [5, 5.41) is 6.41. The standard InChI is InChI=1S/C25H23ClN2O5/c1-2-17-5-11-20(12-6-17)32-16-25(30)33-15-24(29)28-22(23-4-3-13-31-23)14-21(27-28)18-7-9-19(26)10-8-18/h3-13,22H,2,14-16H2,1H3. The first kappa shape index (κ1) is 22.6. The summed E-state index contributed by atoms with van der Waals surface area (Å²) in [5.74, 6) is 0.0611. The molecule has 1 aliphatic rings. The third kappa shape index (κ3) is 5.62. The van der Waals surface area contributed by atoms with Gasteiger partial charge in [0.15, 0.2) is 13.2 Å². The minimum atomic E-state index is -0.640. The number of hydrogen-bond acceptors (Lipinski definition) is 6. The van der Waals surface area contributed by atoms with E-state index in [0.29, 0.717) is 28.7 Å². The fraction of sp³-hybridized carbons (Fsp3) is 0.240. The van der Waals surface area contributed by atoms with E-state index in [1.165, 1.54) is 10.6 Å². The number of ether oxygens (including phenoxy) is 2. The number of hydrazone groups is 1. The summed E-state index contributed by atoms with van der Waals surface area (Å²) in [6.07, 6.45) is 2.93. The Hall–Kier alpha value is -3.58. The molecule has 1 atom stereocenters. The van der Waals surface area contributed by atoms with E-state index in [2.05, 4.69) is 12.0 Å². The zero-order chi connectivity index (χ0) is 23.2. The highest BCUT2D eigenvalue weighted by atomic mass is 35.5. The highest BCUT2D eigenvalue weighted by Crippen LogP contribution is 2.33. The first-order chi connectivity index (χ1) is 16.0. The summed E-state index contributed by atoms with van der Waals surface area (Å²) in [6.45, 7) is 1.31. The van der Waals surface area contributed by atoms with Gasteiger partial charge in [-0.15, -0.1) is 0 Å². The maximum atomic E-state index is 12.9. The monoisotopic (exact) mass is 466 g/mol. The molecule has 0 spiro atoms. The second kappa shape index (κ2) is 10.4. The van der Waals surface area contributed by atoms with Crippen molar-refractivity contribution in [1.82, 2.24) is 5.01 Å². The Morgan fingerprint density at radius 2 is 1.85 bits per heavy atom. The zero-order valence-corrected chi connectivity index (χ0v) is 18.8. The molecule has 170 valence electrons. The first-order valence-electron chi connectivity index (χ1n) is 10.6. The average molecular weight is 467 g/mol. The average Bonchev–Trinajstić information content (AvgIpc) is 3.52. The summed E-state index contributed by atoms with van der Waals surface area (Å²) in [6, 6.07) is 17.8. The van der Waals surface area contributed by atoms with Crippen LogP contribution in [-0.2, 0) is 20.7 Å². The number of aryl methyl sites for hydroxylation is 1. The Balaban J connectivity index is 1.37. The van der Waals surface area contributed by atoms with E-state index in [1.807, 2.05) is 24.3 Å². The van der Waals surface area contributed by atoms with Crippen molar-refractivity contribution in [2.75, 3.05) is 13.2 Å². The normalized spacial score (nSPS) is 15.3. The van der Waals surface area contributed by atoms with Crippen molar-refractivity contribution in [3.63, 3.8) is 0 Å². The van der Waals surface area contributed by atoms with Crippen molar-refractivity contribution in [2.24, 2.45) is 5.10 Å². The number of carbonyl (C=O) groups excluding carboxylic acids is 2. The van der Waals surface area contributed by atoms with E-state index in [0.717, 1.165) is 12.0 Å². The largest absolute Gasteiger partial charge is 0.482 e. The maximum Gasteiger partial charge on any atom is 0.344 e. The van der Waals surface area contributed by atoms with Gasteiger partial charge in [0.05, 0.1) is 12.0 Å². The molecule has 0 fully saturated rings. The van der Waals surface area contributed by atoms with E-state index in [-0.39, 0.29) is 6.61 Å². The van der Waals surface area contributed by atoms with E-state index in [9.17, 15) is 9.59 Å². The lowest BCUT2D eigenvalue weighted by molar-refractivity contribution is -0.154. The van der Waals surface area contributed by atoms with Gasteiger partial charge in [0.2, 0.25) is 0 Å². The molecular formula is C25H23ClN2O5. The molecule has 2 heterocycles. The van der Waals surface area contributed by atoms with Gasteiger partial charge in [0, 0.05) is 11.4 Å². The number of esters is 1. The quantitative estimate of drug-likeness (QED) is 0.445. The van der Waals surface area contributed by atoms with Crippen LogP contribution in [-0.4, -0.2) is 35.8 Å². The van der Waals surface area contributed by atoms with Gasteiger partial charge < -0.3 is 13.9 Å². The van der Waals surface area contributed by atoms with Crippen LogP contribution in [0.1, 0.15) is 36.3 Å². The van der Waals surface area contributed by atoms with Crippen LogP contribution in [0.5, 0.6) is 5.75 Å². The summed E-state index contributed by atoms with van der Waals surface area (Å²) >= 11 is 5.98. The van der Waals surface area contributed by atoms with Crippen molar-refractivity contribution in [3.05, 3.63) is 88.8 Å². The van der Waals surface area contributed by atoms with Crippen LogP contribution in [0, 0.1) is 0 Å². The smallest absolute Gasteiger partial charge is 0.344 e. The third-order valence-corrected chi connectivity index (χ3v) is 5.51. The van der Waals surface area contributed by atoms with Crippen LogP contribution in [0.4, 0.5) is 0 Å². The highest BCUT2D eigenvalue weighted by molar-refractivity contribution is 6.30. The molecule has 4 rings (SSSR count). The Kier molecular flexibility index (Phi) is 7.10. The Morgan fingerprint density at radius 1 is 1.09 bits per heavy atom. The molecule has 33 heavy (non-hydrogen) atoms. The van der Waals surface area contributed by atoms with E-state index in [1.54, 1.807) is 42.7 Å². The van der Waals surface area contributed by atoms with Gasteiger partial charge in [-0.25, -0.2) is 9.80 Å². The van der Waals surface area contributed by atoms with Gasteiger partial charge in [-0.05, 0) is 53.9 Å². The second-order valence-electron chi connectivity index (χ2n) is 7.47. The molecule has 1 unspecified atom stereocenters. The van der Waals surface area contributed by atoms with Gasteiger partial charge >= 0.3 is 5.97 Å². The predicted octanol–water partition coefficient (Wildman–Crippen LogP) is 4.80. The van der Waals surface area contributed by atoms with E-state index in [4.69, 9.17) is 25.5 Å². The van der Waals surface area contributed by atoms with Gasteiger partial charge in [-0.1, -0.05) is 42.8 Å². The molecule has 1 aliphatic heterocycles. The van der Waals surface area contributed by atoms with Crippen LogP contribution < -0.4 is 4.74 Å². The number of rotatable bonds is 8. The van der Waals surface area contributed by atoms with E-state index < -0.39 is 24.5 Å². The van der Waals surface area contributed by atoms with Crippen molar-refractivity contribution >= 4 is 29.2 Å². The summed E-state index contributed by atoms with van der Waals surface area (Å²) in [4.78, 5) is 25.0. The molecular weight excluding hydrogens is 444 g/mol. The van der Waals surface area contributed by atoms with Crippen molar-refractivity contribution in [2.45, 2.75) is 25.8 Å². The third-order valence-electron chi connectivity index (χ3n) is 5.26. The molecule has 0 aliphatic carbocycles. The summed E-state index contributed by atoms with van der Waals surface area (Å²) in [7, 11) is 0. The summed E-state index contributed by atoms with van der Waals surface area (Å²) < 4.78 is 16.1. The summed E-state index contributed by atoms with van der Waals surface area (Å²) in [5.41, 5.74) is 2.74.